The Balaban J connectivity index is 2.31. The summed E-state index contributed by atoms with van der Waals surface area (Å²) in [4.78, 5) is 26.9. The molecule has 0 aliphatic carbocycles. The van der Waals surface area contributed by atoms with Gasteiger partial charge in [0.05, 0.1) is 12.7 Å². The van der Waals surface area contributed by atoms with E-state index in [1.165, 1.54) is 48.5 Å². The van der Waals surface area contributed by atoms with Crippen LogP contribution in [0.4, 0.5) is 0 Å². The average molecular weight is 399 g/mol. The Hall–Kier alpha value is -3.36. The maximum atomic E-state index is 13.3. The Morgan fingerprint density at radius 1 is 1.00 bits per heavy atom. The molecule has 1 heterocycles. The number of phenols is 2. The zero-order chi connectivity index (χ0) is 21.2. The lowest BCUT2D eigenvalue weighted by Gasteiger charge is -2.33. The number of phenolic OH excluding ortho intramolecular Hbond substituents is 2. The van der Waals surface area contributed by atoms with Crippen molar-refractivity contribution < 1.29 is 34.4 Å². The maximum Gasteiger partial charge on any atom is 0.364 e. The molecule has 3 rings (SSSR count). The van der Waals surface area contributed by atoms with Crippen LogP contribution in [-0.2, 0) is 19.1 Å². The topological polar surface area (TPSA) is 117 Å². The van der Waals surface area contributed by atoms with E-state index in [0.717, 1.165) is 12.0 Å². The zero-order valence-corrected chi connectivity index (χ0v) is 16.0. The summed E-state index contributed by atoms with van der Waals surface area (Å²) in [7, 11) is 1.11. The van der Waals surface area contributed by atoms with Crippen molar-refractivity contribution in [3.8, 4) is 11.5 Å². The fourth-order valence-electron chi connectivity index (χ4n) is 3.26. The number of hydrogen-bond donors (Lipinski definition) is 3. The molecule has 1 amide bonds. The number of carbonyl (C=O) groups is 2. The van der Waals surface area contributed by atoms with Gasteiger partial charge >= 0.3 is 5.97 Å². The molecule has 0 aromatic heterocycles. The van der Waals surface area contributed by atoms with Gasteiger partial charge in [0.1, 0.15) is 18.2 Å². The zero-order valence-electron chi connectivity index (χ0n) is 16.0. The summed E-state index contributed by atoms with van der Waals surface area (Å²) in [5.41, 5.74) is -1.66. The second-order valence-electron chi connectivity index (χ2n) is 6.36. The van der Waals surface area contributed by atoms with Crippen molar-refractivity contribution in [2.75, 3.05) is 20.4 Å². The Kier molecular flexibility index (Phi) is 5.58. The van der Waals surface area contributed by atoms with E-state index in [-0.39, 0.29) is 36.0 Å². The summed E-state index contributed by atoms with van der Waals surface area (Å²) in [6.07, 6.45) is 0. The maximum absolute atomic E-state index is 13.3. The van der Waals surface area contributed by atoms with Gasteiger partial charge in [0.25, 0.3) is 11.6 Å². The minimum absolute atomic E-state index is 0.000238. The number of rotatable bonds is 6. The summed E-state index contributed by atoms with van der Waals surface area (Å²) >= 11 is 0. The van der Waals surface area contributed by atoms with Crippen LogP contribution in [-0.4, -0.2) is 58.3 Å². The van der Waals surface area contributed by atoms with Gasteiger partial charge in [0, 0.05) is 12.2 Å². The molecule has 2 aromatic rings. The van der Waals surface area contributed by atoms with E-state index in [1.54, 1.807) is 6.92 Å². The molecule has 2 aromatic carbocycles. The lowest BCUT2D eigenvalue weighted by atomic mass is 9.90. The van der Waals surface area contributed by atoms with Gasteiger partial charge in [0.15, 0.2) is 0 Å². The van der Waals surface area contributed by atoms with Gasteiger partial charge in [0.2, 0.25) is 0 Å². The number of carbonyl (C=O) groups excluding carboxylic acids is 2. The van der Waals surface area contributed by atoms with Crippen LogP contribution in [0.1, 0.15) is 18.1 Å². The summed E-state index contributed by atoms with van der Waals surface area (Å²) < 4.78 is 10.1. The first kappa shape index (κ1) is 20.4. The molecule has 0 fully saturated rings. The summed E-state index contributed by atoms with van der Waals surface area (Å²) in [5.74, 6) is -1.71. The molecule has 1 unspecified atom stereocenters. The molecule has 3 N–H and O–H groups in total. The molecule has 0 saturated carbocycles. The largest absolute Gasteiger partial charge is 0.508 e. The van der Waals surface area contributed by atoms with Crippen molar-refractivity contribution in [2.45, 2.75) is 12.6 Å². The number of ether oxygens (including phenoxy) is 2. The van der Waals surface area contributed by atoms with Crippen LogP contribution in [0.2, 0.25) is 0 Å². The fourth-order valence-corrected chi connectivity index (χ4v) is 3.26. The van der Waals surface area contributed by atoms with Crippen molar-refractivity contribution in [3.63, 3.8) is 0 Å². The van der Waals surface area contributed by atoms with E-state index in [9.17, 15) is 24.9 Å². The number of nitrogens with zero attached hydrogens (tertiary/aromatic N) is 1. The number of benzene rings is 2. The highest BCUT2D eigenvalue weighted by Crippen LogP contribution is 2.45. The molecule has 8 nitrogen and oxygen atoms in total. The molecule has 1 atom stereocenters. The van der Waals surface area contributed by atoms with Gasteiger partial charge in [-0.25, -0.2) is 4.79 Å². The smallest absolute Gasteiger partial charge is 0.364 e. The number of amides is 1. The average Bonchev–Trinajstić information content (AvgIpc) is 2.94. The first-order valence-electron chi connectivity index (χ1n) is 8.88. The van der Waals surface area contributed by atoms with Crippen LogP contribution in [0.5, 0.6) is 11.5 Å². The lowest BCUT2D eigenvalue weighted by molar-refractivity contribution is -0.183. The van der Waals surface area contributed by atoms with Gasteiger partial charge in [-0.2, -0.15) is 0 Å². The molecule has 1 aliphatic heterocycles. The third-order valence-electron chi connectivity index (χ3n) is 4.65. The first-order chi connectivity index (χ1) is 13.8. The van der Waals surface area contributed by atoms with Gasteiger partial charge in [-0.1, -0.05) is 24.3 Å². The number of aromatic hydroxyl groups is 2. The number of hydrogen-bond acceptors (Lipinski definition) is 7. The third kappa shape index (κ3) is 3.43. The standard InChI is InChI=1S/C21H21NO7/c1-3-29-12-22-19(25)17(13-4-8-15(23)9-5-13)18(21(22,27)20(26)28-2)14-6-10-16(24)11-7-14/h4-11,23-24,27H,3,12H2,1-2H3. The van der Waals surface area contributed by atoms with Crippen LogP contribution in [0.3, 0.4) is 0 Å². The van der Waals surface area contributed by atoms with Crippen LogP contribution in [0, 0.1) is 0 Å². The number of aliphatic hydroxyl groups is 1. The molecule has 152 valence electrons. The van der Waals surface area contributed by atoms with E-state index < -0.39 is 17.6 Å². The molecule has 0 bridgehead atoms. The second-order valence-corrected chi connectivity index (χ2v) is 6.36. The normalized spacial score (nSPS) is 19.0. The summed E-state index contributed by atoms with van der Waals surface area (Å²) in [5, 5.41) is 30.7. The predicted octanol–water partition coefficient (Wildman–Crippen LogP) is 1.71. The van der Waals surface area contributed by atoms with E-state index in [2.05, 4.69) is 0 Å². The molecule has 8 heteroatoms. The third-order valence-corrected chi connectivity index (χ3v) is 4.65. The van der Waals surface area contributed by atoms with Crippen molar-refractivity contribution in [2.24, 2.45) is 0 Å². The molecular weight excluding hydrogens is 378 g/mol. The predicted molar refractivity (Wildman–Crippen MR) is 103 cm³/mol. The van der Waals surface area contributed by atoms with E-state index in [0.29, 0.717) is 11.1 Å². The minimum Gasteiger partial charge on any atom is -0.508 e. The number of esters is 1. The lowest BCUT2D eigenvalue weighted by Crippen LogP contribution is -2.55. The highest BCUT2D eigenvalue weighted by molar-refractivity contribution is 6.34. The van der Waals surface area contributed by atoms with Crippen molar-refractivity contribution >= 4 is 23.0 Å². The monoisotopic (exact) mass is 399 g/mol. The van der Waals surface area contributed by atoms with Gasteiger partial charge in [-0.05, 0) is 42.3 Å². The van der Waals surface area contributed by atoms with Crippen LogP contribution in [0.15, 0.2) is 48.5 Å². The van der Waals surface area contributed by atoms with Crippen LogP contribution in [0.25, 0.3) is 11.1 Å². The molecule has 1 aliphatic rings. The second kappa shape index (κ2) is 7.94. The Morgan fingerprint density at radius 2 is 1.52 bits per heavy atom. The van der Waals surface area contributed by atoms with Crippen LogP contribution < -0.4 is 0 Å². The highest BCUT2D eigenvalue weighted by atomic mass is 16.6. The summed E-state index contributed by atoms with van der Waals surface area (Å²) in [6, 6.07) is 11.5. The van der Waals surface area contributed by atoms with Gasteiger partial charge in [-0.15, -0.1) is 0 Å². The number of methoxy groups -OCH3 is 1. The molecule has 0 radical (unpaired) electrons. The molecular formula is C21H21NO7. The Labute approximate surface area is 167 Å². The summed E-state index contributed by atoms with van der Waals surface area (Å²) in [6.45, 7) is 1.63. The SMILES string of the molecule is CCOCN1C(=O)C(c2ccc(O)cc2)=C(c2ccc(O)cc2)C1(O)C(=O)OC. The van der Waals surface area contributed by atoms with Gasteiger partial charge < -0.3 is 24.8 Å². The van der Waals surface area contributed by atoms with Gasteiger partial charge in [-0.3, -0.25) is 9.69 Å². The molecule has 0 saturated heterocycles. The first-order valence-corrected chi connectivity index (χ1v) is 8.88. The fraction of sp³-hybridized carbons (Fsp3) is 0.238. The molecule has 29 heavy (non-hydrogen) atoms. The van der Waals surface area contributed by atoms with Crippen LogP contribution >= 0.6 is 0 Å². The molecule has 0 spiro atoms. The Bertz CT molecular complexity index is 950. The Morgan fingerprint density at radius 3 is 2.00 bits per heavy atom. The van der Waals surface area contributed by atoms with E-state index in [4.69, 9.17) is 9.47 Å². The quantitative estimate of drug-likeness (QED) is 0.633. The van der Waals surface area contributed by atoms with Crippen molar-refractivity contribution in [3.05, 3.63) is 59.7 Å². The van der Waals surface area contributed by atoms with Crippen molar-refractivity contribution in [1.82, 2.24) is 4.90 Å². The van der Waals surface area contributed by atoms with Crippen molar-refractivity contribution in [1.29, 1.82) is 0 Å². The minimum atomic E-state index is -2.44. The van der Waals surface area contributed by atoms with E-state index >= 15 is 0 Å². The van der Waals surface area contributed by atoms with E-state index in [1.807, 2.05) is 0 Å². The highest BCUT2D eigenvalue weighted by Gasteiger charge is 2.57.